The van der Waals surface area contributed by atoms with Gasteiger partial charge in [0.1, 0.15) is 22.8 Å². The van der Waals surface area contributed by atoms with Crippen LogP contribution in [0.25, 0.3) is 56.0 Å². The van der Waals surface area contributed by atoms with Crippen LogP contribution < -0.4 is 10.6 Å². The minimum atomic E-state index is -0.571. The summed E-state index contributed by atoms with van der Waals surface area (Å²) in [5.41, 5.74) is 5.32. The van der Waals surface area contributed by atoms with Crippen LogP contribution in [-0.2, 0) is 4.79 Å². The first-order chi connectivity index (χ1) is 20.5. The molecule has 5 aromatic heterocycles. The molecule has 210 valence electrons. The Bertz CT molecular complexity index is 1920. The Kier molecular flexibility index (Phi) is 6.51. The molecule has 11 nitrogen and oxygen atoms in total. The highest BCUT2D eigenvalue weighted by Gasteiger charge is 2.19. The molecular weight excluding hydrogens is 537 g/mol. The zero-order valence-electron chi connectivity index (χ0n) is 22.4. The monoisotopic (exact) mass is 563 g/mol. The van der Waals surface area contributed by atoms with Gasteiger partial charge in [-0.15, -0.1) is 0 Å². The van der Waals surface area contributed by atoms with Gasteiger partial charge in [-0.25, -0.2) is 9.37 Å². The summed E-state index contributed by atoms with van der Waals surface area (Å²) in [6.07, 6.45) is 9.10. The summed E-state index contributed by atoms with van der Waals surface area (Å²) in [5, 5.41) is 24.5. The van der Waals surface area contributed by atoms with Crippen molar-refractivity contribution in [3.8, 4) is 39.8 Å². The molecule has 0 saturated carbocycles. The standard InChI is InChI=1S/C30H26FN9O2/c31-19-8-17(10-21(41)11-19)27-29-23(3-6-34-27)37-30(38-29)28-22-12-24(35-15-25(22)39-40-28)18-9-20(14-33-13-18)36-26(42)7-16-1-4-32-5-2-16/h3,6,8-16,32,41H,1-2,4-5,7H2,(H,36,42)(H,37,38)(H,39,40). The highest BCUT2D eigenvalue weighted by atomic mass is 19.1. The maximum absolute atomic E-state index is 14.0. The van der Waals surface area contributed by atoms with Crippen LogP contribution in [-0.4, -0.2) is 59.2 Å². The van der Waals surface area contributed by atoms with Gasteiger partial charge < -0.3 is 20.7 Å². The highest BCUT2D eigenvalue weighted by molar-refractivity contribution is 5.97. The fourth-order valence-electron chi connectivity index (χ4n) is 5.43. The van der Waals surface area contributed by atoms with Crippen LogP contribution in [0, 0.1) is 11.7 Å². The molecule has 1 aromatic carbocycles. The first-order valence-corrected chi connectivity index (χ1v) is 13.7. The number of amides is 1. The summed E-state index contributed by atoms with van der Waals surface area (Å²) in [5.74, 6) is 0.0848. The van der Waals surface area contributed by atoms with Crippen LogP contribution in [0.3, 0.4) is 0 Å². The van der Waals surface area contributed by atoms with Crippen molar-refractivity contribution in [1.29, 1.82) is 0 Å². The number of H-pyrrole nitrogens is 2. The predicted octanol–water partition coefficient (Wildman–Crippen LogP) is 4.80. The molecule has 0 bridgehead atoms. The van der Waals surface area contributed by atoms with Gasteiger partial charge in [-0.05, 0) is 62.2 Å². The Hall–Kier alpha value is -5.23. The summed E-state index contributed by atoms with van der Waals surface area (Å²) in [4.78, 5) is 34.0. The van der Waals surface area contributed by atoms with Crippen molar-refractivity contribution in [3.05, 3.63) is 67.0 Å². The van der Waals surface area contributed by atoms with Crippen LogP contribution in [0.2, 0.25) is 0 Å². The van der Waals surface area contributed by atoms with Gasteiger partial charge in [0.15, 0.2) is 5.82 Å². The van der Waals surface area contributed by atoms with E-state index in [2.05, 4.69) is 40.8 Å². The van der Waals surface area contributed by atoms with Gasteiger partial charge in [0.25, 0.3) is 0 Å². The summed E-state index contributed by atoms with van der Waals surface area (Å²) in [6.45, 7) is 1.89. The largest absolute Gasteiger partial charge is 0.508 e. The van der Waals surface area contributed by atoms with Crippen LogP contribution in [0.1, 0.15) is 19.3 Å². The number of aromatic nitrogens is 7. The zero-order chi connectivity index (χ0) is 28.6. The number of pyridine rings is 3. The van der Waals surface area contributed by atoms with E-state index in [1.807, 2.05) is 12.1 Å². The summed E-state index contributed by atoms with van der Waals surface area (Å²) in [6, 6.07) is 9.30. The molecular formula is C30H26FN9O2. The minimum absolute atomic E-state index is 0.0198. The minimum Gasteiger partial charge on any atom is -0.508 e. The number of phenols is 1. The lowest BCUT2D eigenvalue weighted by atomic mass is 9.94. The molecule has 1 amide bonds. The third-order valence-corrected chi connectivity index (χ3v) is 7.48. The molecule has 42 heavy (non-hydrogen) atoms. The third-order valence-electron chi connectivity index (χ3n) is 7.48. The number of nitrogens with one attached hydrogen (secondary N) is 4. The number of aromatic amines is 2. The average Bonchev–Trinajstić information content (AvgIpc) is 3.61. The number of aromatic hydroxyl groups is 1. The number of imidazole rings is 1. The molecule has 1 aliphatic heterocycles. The molecule has 0 atom stereocenters. The van der Waals surface area contributed by atoms with Crippen LogP contribution >= 0.6 is 0 Å². The van der Waals surface area contributed by atoms with Crippen molar-refractivity contribution in [2.45, 2.75) is 19.3 Å². The van der Waals surface area contributed by atoms with Gasteiger partial charge in [-0.2, -0.15) is 5.10 Å². The highest BCUT2D eigenvalue weighted by Crippen LogP contribution is 2.33. The molecule has 12 heteroatoms. The van der Waals surface area contributed by atoms with Gasteiger partial charge >= 0.3 is 0 Å². The number of anilines is 1. The lowest BCUT2D eigenvalue weighted by Gasteiger charge is -2.21. The van der Waals surface area contributed by atoms with E-state index in [4.69, 9.17) is 4.98 Å². The Labute approximate surface area is 238 Å². The molecule has 1 saturated heterocycles. The Morgan fingerprint density at radius 3 is 2.74 bits per heavy atom. The molecule has 1 aliphatic rings. The smallest absolute Gasteiger partial charge is 0.224 e. The van der Waals surface area contributed by atoms with Gasteiger partial charge in [-0.3, -0.25) is 24.8 Å². The molecule has 0 radical (unpaired) electrons. The Morgan fingerprint density at radius 1 is 1.00 bits per heavy atom. The van der Waals surface area contributed by atoms with E-state index in [0.717, 1.165) is 42.9 Å². The van der Waals surface area contributed by atoms with Crippen LogP contribution in [0.15, 0.2) is 61.2 Å². The van der Waals surface area contributed by atoms with E-state index in [0.29, 0.717) is 63.0 Å². The number of halogens is 1. The maximum atomic E-state index is 14.0. The van der Waals surface area contributed by atoms with Crippen LogP contribution in [0.5, 0.6) is 5.75 Å². The molecule has 1 fully saturated rings. The maximum Gasteiger partial charge on any atom is 0.224 e. The molecule has 0 spiro atoms. The van der Waals surface area contributed by atoms with Crippen molar-refractivity contribution in [3.63, 3.8) is 0 Å². The second-order valence-electron chi connectivity index (χ2n) is 10.4. The van der Waals surface area contributed by atoms with Gasteiger partial charge in [0.2, 0.25) is 5.91 Å². The molecule has 0 unspecified atom stereocenters. The summed E-state index contributed by atoms with van der Waals surface area (Å²) in [7, 11) is 0. The topological polar surface area (TPSA) is 157 Å². The Balaban J connectivity index is 1.20. The number of piperidine rings is 1. The fraction of sp³-hybridized carbons (Fsp3) is 0.200. The van der Waals surface area contributed by atoms with Crippen molar-refractivity contribution in [2.75, 3.05) is 18.4 Å². The first kappa shape index (κ1) is 25.7. The number of benzene rings is 1. The number of hydrogen-bond acceptors (Lipinski definition) is 8. The number of phenolic OH excluding ortho intramolecular Hbond substituents is 1. The van der Waals surface area contributed by atoms with Crippen molar-refractivity contribution in [1.82, 2.24) is 40.4 Å². The normalized spacial score (nSPS) is 14.0. The number of carbonyl (C=O) groups is 1. The number of carbonyl (C=O) groups excluding carboxylic acids is 1. The lowest BCUT2D eigenvalue weighted by Crippen LogP contribution is -2.30. The average molecular weight is 564 g/mol. The summed E-state index contributed by atoms with van der Waals surface area (Å²) < 4.78 is 14.0. The van der Waals surface area contributed by atoms with E-state index < -0.39 is 5.82 Å². The second kappa shape index (κ2) is 10.6. The van der Waals surface area contributed by atoms with E-state index in [9.17, 15) is 14.3 Å². The van der Waals surface area contributed by atoms with Gasteiger partial charge in [-0.1, -0.05) is 0 Å². The predicted molar refractivity (Wildman–Crippen MR) is 156 cm³/mol. The first-order valence-electron chi connectivity index (χ1n) is 13.7. The van der Waals surface area contributed by atoms with Crippen molar-refractivity contribution >= 4 is 33.5 Å². The van der Waals surface area contributed by atoms with E-state index >= 15 is 0 Å². The molecule has 6 aromatic rings. The van der Waals surface area contributed by atoms with Crippen LogP contribution in [0.4, 0.5) is 10.1 Å². The number of fused-ring (bicyclic) bond motifs is 2. The van der Waals surface area contributed by atoms with E-state index in [1.165, 1.54) is 12.1 Å². The number of nitrogens with zero attached hydrogens (tertiary/aromatic N) is 5. The fourth-order valence-corrected chi connectivity index (χ4v) is 5.43. The molecule has 6 heterocycles. The molecule has 7 rings (SSSR count). The molecule has 0 aliphatic carbocycles. The lowest BCUT2D eigenvalue weighted by molar-refractivity contribution is -0.117. The third kappa shape index (κ3) is 5.03. The quantitative estimate of drug-likeness (QED) is 0.193. The molecule has 5 N–H and O–H groups in total. The second-order valence-corrected chi connectivity index (χ2v) is 10.4. The SMILES string of the molecule is O=C(CC1CCNCC1)Nc1cncc(-c2cc3c(-c4nc5c(-c6cc(O)cc(F)c6)nccc5[nH]4)n[nH]c3cn2)c1. The zero-order valence-corrected chi connectivity index (χ0v) is 22.4. The Morgan fingerprint density at radius 2 is 1.88 bits per heavy atom. The number of rotatable bonds is 6. The van der Waals surface area contributed by atoms with Crippen molar-refractivity contribution < 1.29 is 14.3 Å². The summed E-state index contributed by atoms with van der Waals surface area (Å²) >= 11 is 0. The van der Waals surface area contributed by atoms with Gasteiger partial charge in [0.05, 0.1) is 40.5 Å². The van der Waals surface area contributed by atoms with E-state index in [1.54, 1.807) is 30.9 Å². The van der Waals surface area contributed by atoms with E-state index in [-0.39, 0.29) is 11.7 Å². The van der Waals surface area contributed by atoms with Gasteiger partial charge in [0, 0.05) is 41.4 Å². The number of hydrogen-bond donors (Lipinski definition) is 5. The van der Waals surface area contributed by atoms with Crippen molar-refractivity contribution in [2.24, 2.45) is 5.92 Å².